The number of carbonyl (C=O) groups excluding carboxylic acids is 4. The largest absolute Gasteiger partial charge is 0.503 e. The highest BCUT2D eigenvalue weighted by Gasteiger charge is 2.54. The third-order valence-electron chi connectivity index (χ3n) is 8.44. The van der Waals surface area contributed by atoms with Crippen LogP contribution in [0.5, 0.6) is 5.75 Å². The van der Waals surface area contributed by atoms with Crippen molar-refractivity contribution < 1.29 is 61.7 Å². The van der Waals surface area contributed by atoms with Crippen molar-refractivity contribution in [3.63, 3.8) is 0 Å². The van der Waals surface area contributed by atoms with Gasteiger partial charge in [0.05, 0.1) is 17.9 Å². The number of hydrogen-bond donors (Lipinski definition) is 8. The standard InChI is InChI=1S/C29H34N10O14S2/c1-29(2,27(46)47)53-36-21(15-12-54-28(30)33-15)25(44)34-22-17(39(26(22)45)55(49,50)51)9-32-24(43)20-7-14(35-52-20)13-3-5-37(10-13)6-4-31-23(42)16-8-18(40)19(41)11-38(16)48/h7-8,11-13,17,22,41,48H,3-6,9-10H2,1-2H3,(H2,30,33)(H,31,42)(H,32,43)(H,34,44)(H,46,47)(H,49,50,51)/b36-21-/t13-,17-,22+/m1/s1. The minimum Gasteiger partial charge on any atom is -0.503 e. The maximum absolute atomic E-state index is 13.3. The number of nitrogens with one attached hydrogen (secondary N) is 3. The molecule has 3 aromatic rings. The lowest BCUT2D eigenvalue weighted by Gasteiger charge is -2.44. The Bertz CT molecular complexity index is 2220. The predicted octanol–water partition coefficient (Wildman–Crippen LogP) is -2.45. The maximum Gasteiger partial charge on any atom is 0.362 e. The zero-order valence-corrected chi connectivity index (χ0v) is 30.4. The molecule has 0 saturated carbocycles. The second-order valence-electron chi connectivity index (χ2n) is 12.7. The SMILES string of the molecule is CC(C)(O/N=C(\C(=O)N[C@@H]1C(=O)N(S(=O)(=O)O)[C@@H]1CNC(=O)c1cc([C@@H]2CCN(CCNC(=O)c3cc(=O)c(O)cn3O)C2)no1)c1csc(N)n1)C(=O)O. The van der Waals surface area contributed by atoms with Gasteiger partial charge in [-0.25, -0.2) is 14.1 Å². The summed E-state index contributed by atoms with van der Waals surface area (Å²) in [5.41, 5.74) is 2.19. The van der Waals surface area contributed by atoms with Gasteiger partial charge in [-0.3, -0.25) is 28.5 Å². The summed E-state index contributed by atoms with van der Waals surface area (Å²) in [6.07, 6.45) is 1.30. The van der Waals surface area contributed by atoms with Crippen LogP contribution in [0.25, 0.3) is 0 Å². The molecule has 0 aromatic carbocycles. The van der Waals surface area contributed by atoms with Crippen LogP contribution in [-0.4, -0.2) is 138 Å². The zero-order chi connectivity index (χ0) is 40.4. The van der Waals surface area contributed by atoms with Gasteiger partial charge in [-0.1, -0.05) is 10.3 Å². The third kappa shape index (κ3) is 8.99. The number of likely N-dealkylation sites (tertiary alicyclic amines) is 1. The number of nitrogen functional groups attached to an aromatic ring is 1. The molecular formula is C29H34N10O14S2. The van der Waals surface area contributed by atoms with E-state index in [2.05, 4.69) is 31.2 Å². The zero-order valence-electron chi connectivity index (χ0n) is 28.7. The molecule has 2 saturated heterocycles. The predicted molar refractivity (Wildman–Crippen MR) is 184 cm³/mol. The van der Waals surface area contributed by atoms with Crippen LogP contribution in [0.2, 0.25) is 0 Å². The van der Waals surface area contributed by atoms with E-state index in [-0.39, 0.29) is 39.0 Å². The summed E-state index contributed by atoms with van der Waals surface area (Å²) in [6, 6.07) is -1.03. The van der Waals surface area contributed by atoms with Gasteiger partial charge in [-0.2, -0.15) is 13.1 Å². The maximum atomic E-state index is 13.3. The molecular weight excluding hydrogens is 777 g/mol. The van der Waals surface area contributed by atoms with Crippen molar-refractivity contribution in [2.24, 2.45) is 5.16 Å². The number of aromatic hydroxyl groups is 1. The van der Waals surface area contributed by atoms with E-state index < -0.39 is 81.0 Å². The van der Waals surface area contributed by atoms with Gasteiger partial charge < -0.3 is 51.4 Å². The molecule has 296 valence electrons. The number of carboxylic acid groups (broad SMARTS) is 1. The van der Waals surface area contributed by atoms with Gasteiger partial charge in [-0.05, 0) is 26.8 Å². The van der Waals surface area contributed by atoms with Crippen LogP contribution in [-0.2, 0) is 29.5 Å². The summed E-state index contributed by atoms with van der Waals surface area (Å²) < 4.78 is 39.3. The normalized spacial score (nSPS) is 19.1. The molecule has 26 heteroatoms. The molecule has 9 N–H and O–H groups in total. The number of rotatable bonds is 15. The number of oxime groups is 1. The molecule has 5 rings (SSSR count). The fraction of sp³-hybridized carbons (Fsp3) is 0.414. The third-order valence-corrected chi connectivity index (χ3v) is 10.1. The topological polar surface area (TPSA) is 352 Å². The highest BCUT2D eigenvalue weighted by atomic mass is 32.2. The molecule has 0 unspecified atom stereocenters. The van der Waals surface area contributed by atoms with Crippen LogP contribution in [0.1, 0.15) is 58.6 Å². The van der Waals surface area contributed by atoms with Gasteiger partial charge in [0.25, 0.3) is 23.6 Å². The van der Waals surface area contributed by atoms with E-state index in [1.54, 1.807) is 0 Å². The number of pyridine rings is 1. The molecule has 0 radical (unpaired) electrons. The van der Waals surface area contributed by atoms with Gasteiger partial charge >= 0.3 is 16.3 Å². The van der Waals surface area contributed by atoms with Gasteiger partial charge in [0.1, 0.15) is 17.4 Å². The van der Waals surface area contributed by atoms with E-state index in [0.29, 0.717) is 42.7 Å². The first kappa shape index (κ1) is 40.1. The minimum absolute atomic E-state index is 0.00291. The summed E-state index contributed by atoms with van der Waals surface area (Å²) in [5.74, 6) is -6.65. The molecule has 0 aliphatic carbocycles. The summed E-state index contributed by atoms with van der Waals surface area (Å²) >= 11 is 0.904. The average molecular weight is 811 g/mol. The fourth-order valence-corrected chi connectivity index (χ4v) is 6.85. The van der Waals surface area contributed by atoms with Crippen molar-refractivity contribution >= 4 is 62.1 Å². The Morgan fingerprint density at radius 3 is 2.56 bits per heavy atom. The van der Waals surface area contributed by atoms with Crippen molar-refractivity contribution in [1.29, 1.82) is 0 Å². The number of hydrogen-bond acceptors (Lipinski definition) is 18. The molecule has 2 fully saturated rings. The van der Waals surface area contributed by atoms with Crippen molar-refractivity contribution in [3.8, 4) is 5.75 Å². The first-order valence-corrected chi connectivity index (χ1v) is 18.3. The number of carboxylic acids is 1. The van der Waals surface area contributed by atoms with Crippen LogP contribution in [0, 0.1) is 0 Å². The Balaban J connectivity index is 1.18. The lowest BCUT2D eigenvalue weighted by Crippen LogP contribution is -2.74. The van der Waals surface area contributed by atoms with Crippen LogP contribution < -0.4 is 27.1 Å². The molecule has 24 nitrogen and oxygen atoms in total. The lowest BCUT2D eigenvalue weighted by molar-refractivity contribution is -0.161. The van der Waals surface area contributed by atoms with E-state index in [1.165, 1.54) is 11.4 Å². The number of aliphatic carboxylic acids is 1. The highest BCUT2D eigenvalue weighted by molar-refractivity contribution is 7.84. The molecule has 0 spiro atoms. The molecule has 55 heavy (non-hydrogen) atoms. The molecule has 2 aliphatic heterocycles. The molecule has 3 atom stereocenters. The number of carbonyl (C=O) groups is 5. The Morgan fingerprint density at radius 2 is 1.91 bits per heavy atom. The second-order valence-corrected chi connectivity index (χ2v) is 14.8. The molecule has 4 amide bonds. The van der Waals surface area contributed by atoms with E-state index in [4.69, 9.17) is 15.1 Å². The first-order chi connectivity index (χ1) is 25.8. The molecule has 3 aromatic heterocycles. The minimum atomic E-state index is -5.16. The quantitative estimate of drug-likeness (QED) is 0.0260. The molecule has 0 bridgehead atoms. The van der Waals surface area contributed by atoms with Gasteiger partial charge in [0, 0.05) is 49.6 Å². The summed E-state index contributed by atoms with van der Waals surface area (Å²) in [4.78, 5) is 85.5. The van der Waals surface area contributed by atoms with Crippen LogP contribution in [0.15, 0.2) is 38.2 Å². The Hall–Kier alpha value is -6.12. The number of aromatic nitrogens is 3. The summed E-state index contributed by atoms with van der Waals surface area (Å²) in [6.45, 7) is 3.23. The van der Waals surface area contributed by atoms with Gasteiger partial charge in [-0.15, -0.1) is 11.3 Å². The number of amides is 4. The van der Waals surface area contributed by atoms with Crippen molar-refractivity contribution in [1.82, 2.24) is 40.0 Å². The highest BCUT2D eigenvalue weighted by Crippen LogP contribution is 2.27. The number of β-lactam (4-membered cyclic amide) rings is 1. The van der Waals surface area contributed by atoms with E-state index >= 15 is 0 Å². The van der Waals surface area contributed by atoms with Gasteiger partial charge in [0.15, 0.2) is 16.6 Å². The number of nitrogens with zero attached hydrogens (tertiary/aromatic N) is 6. The van der Waals surface area contributed by atoms with Gasteiger partial charge in [0.2, 0.25) is 16.8 Å². The van der Waals surface area contributed by atoms with Crippen molar-refractivity contribution in [2.75, 3.05) is 38.5 Å². The fourth-order valence-electron chi connectivity index (χ4n) is 5.42. The average Bonchev–Trinajstić information content (AvgIpc) is 3.88. The van der Waals surface area contributed by atoms with Crippen LogP contribution in [0.4, 0.5) is 5.13 Å². The molecule has 2 aliphatic rings. The van der Waals surface area contributed by atoms with E-state index in [0.717, 1.165) is 31.3 Å². The molecule has 5 heterocycles. The number of nitrogens with two attached hydrogens (primary N) is 1. The van der Waals surface area contributed by atoms with E-state index in [9.17, 15) is 57.2 Å². The van der Waals surface area contributed by atoms with Crippen LogP contribution in [0.3, 0.4) is 0 Å². The lowest BCUT2D eigenvalue weighted by atomic mass is 9.98. The van der Waals surface area contributed by atoms with Crippen molar-refractivity contribution in [2.45, 2.75) is 43.9 Å². The smallest absolute Gasteiger partial charge is 0.362 e. The number of anilines is 1. The Labute approximate surface area is 313 Å². The first-order valence-electron chi connectivity index (χ1n) is 16.0. The van der Waals surface area contributed by atoms with Crippen molar-refractivity contribution in [3.05, 3.63) is 56.8 Å². The Kier molecular flexibility index (Phi) is 11.4. The summed E-state index contributed by atoms with van der Waals surface area (Å²) in [7, 11) is -5.16. The van der Waals surface area contributed by atoms with E-state index in [1.807, 2.05) is 4.90 Å². The summed E-state index contributed by atoms with van der Waals surface area (Å²) in [5, 5.41) is 44.6. The Morgan fingerprint density at radius 1 is 1.18 bits per heavy atom. The number of thiazole rings is 1. The second kappa shape index (κ2) is 15.7. The monoisotopic (exact) mass is 810 g/mol. The van der Waals surface area contributed by atoms with Crippen LogP contribution >= 0.6 is 11.3 Å².